The van der Waals surface area contributed by atoms with Gasteiger partial charge in [0, 0.05) is 20.4 Å². The van der Waals surface area contributed by atoms with Crippen molar-refractivity contribution in [2.75, 3.05) is 0 Å². The molecule has 52 valence electrons. The third-order valence-corrected chi connectivity index (χ3v) is 1.18. The second-order valence-corrected chi connectivity index (χ2v) is 1.87. The summed E-state index contributed by atoms with van der Waals surface area (Å²) in [6, 6.07) is 0. The van der Waals surface area contributed by atoms with Crippen molar-refractivity contribution in [1.82, 2.24) is 0 Å². The summed E-state index contributed by atoms with van der Waals surface area (Å²) in [5.41, 5.74) is 1.41. The van der Waals surface area contributed by atoms with E-state index in [9.17, 15) is 0 Å². The van der Waals surface area contributed by atoms with Gasteiger partial charge in [-0.2, -0.15) is 0 Å². The van der Waals surface area contributed by atoms with Crippen molar-refractivity contribution in [1.29, 1.82) is 0 Å². The smallest absolute Gasteiger partial charge is 0 e. The monoisotopic (exact) mass is 212 g/mol. The van der Waals surface area contributed by atoms with Crippen LogP contribution in [0.3, 0.4) is 0 Å². The van der Waals surface area contributed by atoms with Gasteiger partial charge >= 0.3 is 0 Å². The minimum Gasteiger partial charge on any atom is -0.0874 e. The third kappa shape index (κ3) is 2.79. The maximum absolute atomic E-state index is 2.16. The zero-order chi connectivity index (χ0) is 5.82. The van der Waals surface area contributed by atoms with Crippen molar-refractivity contribution in [3.63, 3.8) is 0 Å². The Kier molecular flexibility index (Phi) is 4.67. The zero-order valence-corrected chi connectivity index (χ0v) is 6.96. The van der Waals surface area contributed by atoms with Crippen LogP contribution >= 0.6 is 0 Å². The number of rotatable bonds is 1. The number of hydrogen-bond donors (Lipinski definition) is 0. The Labute approximate surface area is 70.0 Å². The molecule has 0 unspecified atom stereocenters. The van der Waals surface area contributed by atoms with Crippen molar-refractivity contribution in [3.05, 3.63) is 36.0 Å². The molecule has 0 spiro atoms. The molecule has 0 fully saturated rings. The maximum Gasteiger partial charge on any atom is 0 e. The first-order chi connectivity index (χ1) is 3.93. The van der Waals surface area contributed by atoms with E-state index in [1.165, 1.54) is 5.57 Å². The van der Waals surface area contributed by atoms with Crippen LogP contribution in [-0.2, 0) is 20.4 Å². The number of allylic oxidation sites excluding steroid dienone is 6. The number of hydrogen-bond acceptors (Lipinski definition) is 0. The van der Waals surface area contributed by atoms with Crippen LogP contribution in [0.1, 0.15) is 13.3 Å². The van der Waals surface area contributed by atoms with Crippen LogP contribution in [-0.4, -0.2) is 0 Å². The molecule has 0 aliphatic heterocycles. The SMILES string of the molecule is C/C=C/C1=CC=CC1.[Pd]. The van der Waals surface area contributed by atoms with Gasteiger partial charge in [0.15, 0.2) is 0 Å². The summed E-state index contributed by atoms with van der Waals surface area (Å²) in [5, 5.41) is 0. The molecular formula is C8H10Pd. The van der Waals surface area contributed by atoms with Gasteiger partial charge in [0.2, 0.25) is 0 Å². The summed E-state index contributed by atoms with van der Waals surface area (Å²) in [4.78, 5) is 0. The first-order valence-electron chi connectivity index (χ1n) is 2.92. The van der Waals surface area contributed by atoms with Crippen molar-refractivity contribution in [2.24, 2.45) is 0 Å². The third-order valence-electron chi connectivity index (χ3n) is 1.18. The van der Waals surface area contributed by atoms with Gasteiger partial charge < -0.3 is 0 Å². The van der Waals surface area contributed by atoms with Crippen molar-refractivity contribution in [3.8, 4) is 0 Å². The van der Waals surface area contributed by atoms with E-state index in [1.807, 2.05) is 6.92 Å². The van der Waals surface area contributed by atoms with E-state index >= 15 is 0 Å². The van der Waals surface area contributed by atoms with Gasteiger partial charge in [-0.1, -0.05) is 30.4 Å². The van der Waals surface area contributed by atoms with Crippen LogP contribution in [0.5, 0.6) is 0 Å². The standard InChI is InChI=1S/C8H10.Pd/c1-2-5-8-6-3-4-7-8;/h2-6H,7H2,1H3;/b5-2+;. The molecule has 0 bridgehead atoms. The summed E-state index contributed by atoms with van der Waals surface area (Å²) < 4.78 is 0. The fourth-order valence-corrected chi connectivity index (χ4v) is 0.801. The second kappa shape index (κ2) is 4.73. The summed E-state index contributed by atoms with van der Waals surface area (Å²) >= 11 is 0. The molecule has 9 heavy (non-hydrogen) atoms. The molecule has 0 nitrogen and oxygen atoms in total. The fourth-order valence-electron chi connectivity index (χ4n) is 0.801. The zero-order valence-electron chi connectivity index (χ0n) is 5.41. The minimum absolute atomic E-state index is 0. The van der Waals surface area contributed by atoms with Crippen LogP contribution in [0.15, 0.2) is 36.0 Å². The van der Waals surface area contributed by atoms with Gasteiger partial charge in [0.05, 0.1) is 0 Å². The Hall–Kier alpha value is -0.118. The molecule has 0 saturated heterocycles. The van der Waals surface area contributed by atoms with Gasteiger partial charge in [0.1, 0.15) is 0 Å². The first-order valence-corrected chi connectivity index (χ1v) is 2.92. The topological polar surface area (TPSA) is 0 Å². The van der Waals surface area contributed by atoms with Crippen molar-refractivity contribution >= 4 is 0 Å². The van der Waals surface area contributed by atoms with Crippen LogP contribution in [0.4, 0.5) is 0 Å². The molecule has 0 N–H and O–H groups in total. The van der Waals surface area contributed by atoms with E-state index in [-0.39, 0.29) is 20.4 Å². The molecule has 0 amide bonds. The summed E-state index contributed by atoms with van der Waals surface area (Å²) in [5.74, 6) is 0. The van der Waals surface area contributed by atoms with E-state index < -0.39 is 0 Å². The summed E-state index contributed by atoms with van der Waals surface area (Å²) in [6.45, 7) is 2.04. The minimum atomic E-state index is 0. The molecular weight excluding hydrogens is 203 g/mol. The molecule has 1 heteroatoms. The Bertz CT molecular complexity index is 152. The van der Waals surface area contributed by atoms with Gasteiger partial charge in [-0.25, -0.2) is 0 Å². The molecule has 1 aliphatic carbocycles. The largest absolute Gasteiger partial charge is 0.0874 e. The molecule has 0 atom stereocenters. The molecule has 0 radical (unpaired) electrons. The van der Waals surface area contributed by atoms with Gasteiger partial charge in [0.25, 0.3) is 0 Å². The summed E-state index contributed by atoms with van der Waals surface area (Å²) in [6.07, 6.45) is 11.7. The Morgan fingerprint density at radius 2 is 2.33 bits per heavy atom. The Morgan fingerprint density at radius 3 is 2.78 bits per heavy atom. The van der Waals surface area contributed by atoms with Crippen LogP contribution in [0, 0.1) is 0 Å². The van der Waals surface area contributed by atoms with E-state index in [1.54, 1.807) is 0 Å². The molecule has 0 aromatic heterocycles. The van der Waals surface area contributed by atoms with Gasteiger partial charge in [-0.05, 0) is 18.9 Å². The van der Waals surface area contributed by atoms with Crippen LogP contribution < -0.4 is 0 Å². The van der Waals surface area contributed by atoms with Crippen molar-refractivity contribution in [2.45, 2.75) is 13.3 Å². The van der Waals surface area contributed by atoms with E-state index in [0.717, 1.165) is 6.42 Å². The molecule has 0 heterocycles. The predicted molar refractivity (Wildman–Crippen MR) is 36.7 cm³/mol. The fraction of sp³-hybridized carbons (Fsp3) is 0.250. The van der Waals surface area contributed by atoms with Crippen molar-refractivity contribution < 1.29 is 20.4 Å². The van der Waals surface area contributed by atoms with Gasteiger partial charge in [-0.3, -0.25) is 0 Å². The Morgan fingerprint density at radius 1 is 1.56 bits per heavy atom. The van der Waals surface area contributed by atoms with E-state index in [2.05, 4.69) is 30.4 Å². The molecule has 1 rings (SSSR count). The molecule has 0 aromatic carbocycles. The normalized spacial score (nSPS) is 15.9. The quantitative estimate of drug-likeness (QED) is 0.586. The van der Waals surface area contributed by atoms with E-state index in [4.69, 9.17) is 0 Å². The molecule has 0 aromatic rings. The second-order valence-electron chi connectivity index (χ2n) is 1.87. The summed E-state index contributed by atoms with van der Waals surface area (Å²) in [7, 11) is 0. The Balaban J connectivity index is 0.000000640. The average molecular weight is 213 g/mol. The van der Waals surface area contributed by atoms with Crippen LogP contribution in [0.2, 0.25) is 0 Å². The molecule has 0 saturated carbocycles. The van der Waals surface area contributed by atoms with Gasteiger partial charge in [-0.15, -0.1) is 0 Å². The maximum atomic E-state index is 2.16. The average Bonchev–Trinajstić information content (AvgIpc) is 2.19. The van der Waals surface area contributed by atoms with E-state index in [0.29, 0.717) is 0 Å². The van der Waals surface area contributed by atoms with Crippen LogP contribution in [0.25, 0.3) is 0 Å². The first kappa shape index (κ1) is 8.88. The molecule has 1 aliphatic rings. The predicted octanol–water partition coefficient (Wildman–Crippen LogP) is 2.45.